The zero-order valence-electron chi connectivity index (χ0n) is 11.4. The number of nitrogens with zero attached hydrogens (tertiary/aromatic N) is 1. The largest absolute Gasteiger partial charge is 0.376 e. The van der Waals surface area contributed by atoms with Gasteiger partial charge in [0.1, 0.15) is 6.04 Å². The molecule has 0 bridgehead atoms. The number of ether oxygens (including phenoxy) is 1. The predicted molar refractivity (Wildman–Crippen MR) is 66.9 cm³/mol. The second-order valence-corrected chi connectivity index (χ2v) is 6.17. The van der Waals surface area contributed by atoms with Gasteiger partial charge < -0.3 is 15.0 Å². The van der Waals surface area contributed by atoms with Gasteiger partial charge in [-0.15, -0.1) is 0 Å². The van der Waals surface area contributed by atoms with Crippen molar-refractivity contribution in [2.24, 2.45) is 5.41 Å². The summed E-state index contributed by atoms with van der Waals surface area (Å²) in [6.07, 6.45) is 2.10. The Bertz CT molecular complexity index is 343. The van der Waals surface area contributed by atoms with Gasteiger partial charge in [0.05, 0.1) is 12.6 Å². The number of amides is 2. The van der Waals surface area contributed by atoms with Crippen LogP contribution in [0.15, 0.2) is 0 Å². The van der Waals surface area contributed by atoms with Gasteiger partial charge in [0.25, 0.3) is 0 Å². The maximum atomic E-state index is 12.0. The lowest BCUT2D eigenvalue weighted by Gasteiger charge is -2.42. The molecule has 2 fully saturated rings. The molecule has 0 saturated carbocycles. The highest BCUT2D eigenvalue weighted by molar-refractivity contribution is 5.95. The number of carbonyl (C=O) groups is 2. The fourth-order valence-electron chi connectivity index (χ4n) is 2.72. The zero-order chi connectivity index (χ0) is 13.3. The van der Waals surface area contributed by atoms with Crippen molar-refractivity contribution in [1.29, 1.82) is 0 Å². The van der Waals surface area contributed by atoms with Gasteiger partial charge in [-0.25, -0.2) is 0 Å². The van der Waals surface area contributed by atoms with E-state index in [-0.39, 0.29) is 29.9 Å². The van der Waals surface area contributed by atoms with Crippen LogP contribution in [0.3, 0.4) is 0 Å². The quantitative estimate of drug-likeness (QED) is 0.782. The van der Waals surface area contributed by atoms with E-state index in [0.29, 0.717) is 6.54 Å². The van der Waals surface area contributed by atoms with Gasteiger partial charge in [-0.1, -0.05) is 20.8 Å². The van der Waals surface area contributed by atoms with Crippen LogP contribution in [0.4, 0.5) is 0 Å². The average molecular weight is 254 g/mol. The molecule has 5 nitrogen and oxygen atoms in total. The highest BCUT2D eigenvalue weighted by Gasteiger charge is 2.43. The van der Waals surface area contributed by atoms with Crippen molar-refractivity contribution in [3.8, 4) is 0 Å². The fraction of sp³-hybridized carbons (Fsp3) is 0.846. The van der Waals surface area contributed by atoms with Crippen molar-refractivity contribution >= 4 is 11.8 Å². The minimum Gasteiger partial charge on any atom is -0.376 e. The number of nitrogens with one attached hydrogen (secondary N) is 1. The molecule has 102 valence electrons. The van der Waals surface area contributed by atoms with Crippen LogP contribution in [0, 0.1) is 5.41 Å². The minimum absolute atomic E-state index is 0.00924. The minimum atomic E-state index is -0.400. The maximum absolute atomic E-state index is 12.0. The second-order valence-electron chi connectivity index (χ2n) is 6.17. The molecule has 2 rings (SSSR count). The third kappa shape index (κ3) is 2.66. The molecule has 0 aromatic carbocycles. The zero-order valence-corrected chi connectivity index (χ0v) is 11.4. The Kier molecular flexibility index (Phi) is 3.61. The Labute approximate surface area is 108 Å². The van der Waals surface area contributed by atoms with Crippen LogP contribution in [-0.2, 0) is 14.3 Å². The number of hydrogen-bond acceptors (Lipinski definition) is 3. The molecule has 2 aliphatic rings. The standard InChI is InChI=1S/C13H22N2O3/c1-13(2,3)11-12(17)14-7-10(16)15(11)8-9-5-4-6-18-9/h9,11H,4-8H2,1-3H3,(H,14,17). The molecule has 0 aliphatic carbocycles. The first-order valence-corrected chi connectivity index (χ1v) is 6.58. The molecule has 0 aromatic heterocycles. The Balaban J connectivity index is 2.15. The lowest BCUT2D eigenvalue weighted by atomic mass is 9.83. The summed E-state index contributed by atoms with van der Waals surface area (Å²) in [6, 6.07) is -0.400. The van der Waals surface area contributed by atoms with Crippen LogP contribution in [0.25, 0.3) is 0 Å². The molecular formula is C13H22N2O3. The Morgan fingerprint density at radius 2 is 2.11 bits per heavy atom. The van der Waals surface area contributed by atoms with Gasteiger partial charge in [-0.05, 0) is 18.3 Å². The summed E-state index contributed by atoms with van der Waals surface area (Å²) in [6.45, 7) is 7.36. The Hall–Kier alpha value is -1.10. The lowest BCUT2D eigenvalue weighted by molar-refractivity contribution is -0.151. The molecule has 0 spiro atoms. The van der Waals surface area contributed by atoms with Crippen LogP contribution in [0.1, 0.15) is 33.6 Å². The summed E-state index contributed by atoms with van der Waals surface area (Å²) >= 11 is 0. The first-order valence-electron chi connectivity index (χ1n) is 6.58. The molecule has 2 heterocycles. The van der Waals surface area contributed by atoms with E-state index >= 15 is 0 Å². The summed E-state index contributed by atoms with van der Waals surface area (Å²) in [5, 5.41) is 2.67. The monoisotopic (exact) mass is 254 g/mol. The van der Waals surface area contributed by atoms with Crippen molar-refractivity contribution in [1.82, 2.24) is 10.2 Å². The van der Waals surface area contributed by atoms with E-state index in [9.17, 15) is 9.59 Å². The number of carbonyl (C=O) groups excluding carboxylic acids is 2. The first-order chi connectivity index (χ1) is 8.39. The van der Waals surface area contributed by atoms with Crippen molar-refractivity contribution in [2.75, 3.05) is 19.7 Å². The smallest absolute Gasteiger partial charge is 0.243 e. The molecular weight excluding hydrogens is 232 g/mol. The van der Waals surface area contributed by atoms with E-state index < -0.39 is 6.04 Å². The molecule has 2 atom stereocenters. The first kappa shape index (κ1) is 13.3. The maximum Gasteiger partial charge on any atom is 0.243 e. The molecule has 1 N–H and O–H groups in total. The summed E-state index contributed by atoms with van der Waals surface area (Å²) < 4.78 is 5.57. The third-order valence-corrected chi connectivity index (χ3v) is 3.54. The number of hydrogen-bond donors (Lipinski definition) is 1. The summed E-state index contributed by atoms with van der Waals surface area (Å²) in [4.78, 5) is 25.8. The molecule has 2 amide bonds. The van der Waals surface area contributed by atoms with Crippen molar-refractivity contribution < 1.29 is 14.3 Å². The van der Waals surface area contributed by atoms with Gasteiger partial charge in [0.2, 0.25) is 11.8 Å². The third-order valence-electron chi connectivity index (χ3n) is 3.54. The van der Waals surface area contributed by atoms with Crippen molar-refractivity contribution in [3.63, 3.8) is 0 Å². The van der Waals surface area contributed by atoms with Crippen molar-refractivity contribution in [2.45, 2.75) is 45.8 Å². The van der Waals surface area contributed by atoms with E-state index in [4.69, 9.17) is 4.74 Å². The van der Waals surface area contributed by atoms with E-state index in [1.54, 1.807) is 4.90 Å². The topological polar surface area (TPSA) is 58.6 Å². The van der Waals surface area contributed by atoms with E-state index in [1.807, 2.05) is 20.8 Å². The van der Waals surface area contributed by atoms with Crippen molar-refractivity contribution in [3.05, 3.63) is 0 Å². The molecule has 0 radical (unpaired) electrons. The molecule has 18 heavy (non-hydrogen) atoms. The van der Waals surface area contributed by atoms with E-state index in [2.05, 4.69) is 5.32 Å². The summed E-state index contributed by atoms with van der Waals surface area (Å²) in [5.41, 5.74) is -0.265. The SMILES string of the molecule is CC(C)(C)C1C(=O)NCC(=O)N1CC1CCCO1. The Morgan fingerprint density at radius 1 is 1.39 bits per heavy atom. The summed E-state index contributed by atoms with van der Waals surface area (Å²) in [7, 11) is 0. The molecule has 2 unspecified atom stereocenters. The fourth-order valence-corrected chi connectivity index (χ4v) is 2.72. The van der Waals surface area contributed by atoms with Gasteiger partial charge in [0, 0.05) is 13.2 Å². The predicted octanol–water partition coefficient (Wildman–Crippen LogP) is 0.539. The molecule has 2 aliphatic heterocycles. The summed E-state index contributed by atoms with van der Waals surface area (Å²) in [5.74, 6) is -0.0647. The highest BCUT2D eigenvalue weighted by Crippen LogP contribution is 2.28. The number of rotatable bonds is 2. The van der Waals surface area contributed by atoms with Crippen LogP contribution in [0.5, 0.6) is 0 Å². The van der Waals surface area contributed by atoms with Gasteiger partial charge in [0.15, 0.2) is 0 Å². The highest BCUT2D eigenvalue weighted by atomic mass is 16.5. The molecule has 5 heteroatoms. The van der Waals surface area contributed by atoms with Crippen LogP contribution >= 0.6 is 0 Å². The average Bonchev–Trinajstić information content (AvgIpc) is 2.74. The van der Waals surface area contributed by atoms with Crippen LogP contribution in [0.2, 0.25) is 0 Å². The van der Waals surface area contributed by atoms with Gasteiger partial charge in [-0.2, -0.15) is 0 Å². The van der Waals surface area contributed by atoms with Crippen LogP contribution in [-0.4, -0.2) is 48.6 Å². The van der Waals surface area contributed by atoms with Gasteiger partial charge >= 0.3 is 0 Å². The Morgan fingerprint density at radius 3 is 2.67 bits per heavy atom. The lowest BCUT2D eigenvalue weighted by Crippen LogP contribution is -2.63. The van der Waals surface area contributed by atoms with E-state index in [0.717, 1.165) is 19.4 Å². The van der Waals surface area contributed by atoms with E-state index in [1.165, 1.54) is 0 Å². The molecule has 0 aromatic rings. The molecule has 2 saturated heterocycles. The van der Waals surface area contributed by atoms with Gasteiger partial charge in [-0.3, -0.25) is 9.59 Å². The number of piperazine rings is 1. The van der Waals surface area contributed by atoms with Crippen LogP contribution < -0.4 is 5.32 Å². The normalized spacial score (nSPS) is 29.6. The second kappa shape index (κ2) is 4.88.